The van der Waals surface area contributed by atoms with Crippen LogP contribution in [0.3, 0.4) is 0 Å². The summed E-state index contributed by atoms with van der Waals surface area (Å²) in [6.45, 7) is 1.31. The molecule has 1 aliphatic rings. The average Bonchev–Trinajstić information content (AvgIpc) is 2.38. The molecule has 1 fully saturated rings. The van der Waals surface area contributed by atoms with Gasteiger partial charge in [0.15, 0.2) is 12.6 Å². The van der Waals surface area contributed by atoms with Crippen molar-refractivity contribution >= 4 is 6.29 Å². The quantitative estimate of drug-likeness (QED) is 0.733. The van der Waals surface area contributed by atoms with Crippen LogP contribution in [0.15, 0.2) is 18.2 Å². The van der Waals surface area contributed by atoms with Gasteiger partial charge in [0.25, 0.3) is 0 Å². The van der Waals surface area contributed by atoms with E-state index in [1.165, 1.54) is 7.11 Å². The molecule has 0 spiro atoms. The van der Waals surface area contributed by atoms with Gasteiger partial charge in [-0.1, -0.05) is 12.1 Å². The molecule has 1 aromatic rings. The number of hydrogen-bond acceptors (Lipinski definition) is 4. The summed E-state index contributed by atoms with van der Waals surface area (Å²) in [4.78, 5) is 11.1. The van der Waals surface area contributed by atoms with Gasteiger partial charge in [-0.3, -0.25) is 4.79 Å². The van der Waals surface area contributed by atoms with Crippen molar-refractivity contribution in [2.24, 2.45) is 0 Å². The van der Waals surface area contributed by atoms with Crippen molar-refractivity contribution in [2.45, 2.75) is 12.7 Å². The van der Waals surface area contributed by atoms with Crippen LogP contribution in [0, 0.1) is 0 Å². The van der Waals surface area contributed by atoms with Crippen LogP contribution in [-0.2, 0) is 9.47 Å². The maximum atomic E-state index is 11.1. The molecule has 0 bridgehead atoms. The molecule has 4 nitrogen and oxygen atoms in total. The minimum absolute atomic E-state index is 0.455. The third-order valence-electron chi connectivity index (χ3n) is 2.52. The van der Waals surface area contributed by atoms with E-state index >= 15 is 0 Å². The molecule has 0 atom stereocenters. The van der Waals surface area contributed by atoms with Crippen LogP contribution < -0.4 is 4.74 Å². The Morgan fingerprint density at radius 2 is 2.12 bits per heavy atom. The van der Waals surface area contributed by atoms with Crippen LogP contribution in [-0.4, -0.2) is 26.6 Å². The average molecular weight is 222 g/mol. The lowest BCUT2D eigenvalue weighted by Crippen LogP contribution is -2.19. The topological polar surface area (TPSA) is 44.8 Å². The number of rotatable bonds is 3. The van der Waals surface area contributed by atoms with Gasteiger partial charge in [0.2, 0.25) is 0 Å². The summed E-state index contributed by atoms with van der Waals surface area (Å²) in [5, 5.41) is 0. The Bertz CT molecular complexity index is 369. The number of carbonyl (C=O) groups excluding carboxylic acids is 1. The Morgan fingerprint density at radius 1 is 1.38 bits per heavy atom. The zero-order chi connectivity index (χ0) is 11.4. The van der Waals surface area contributed by atoms with Crippen LogP contribution in [0.25, 0.3) is 0 Å². The summed E-state index contributed by atoms with van der Waals surface area (Å²) in [7, 11) is 1.54. The van der Waals surface area contributed by atoms with Gasteiger partial charge in [0, 0.05) is 5.56 Å². The van der Waals surface area contributed by atoms with Gasteiger partial charge in [0.05, 0.1) is 25.9 Å². The summed E-state index contributed by atoms with van der Waals surface area (Å²) in [5.74, 6) is 0.547. The predicted octanol–water partition coefficient (Wildman–Crippen LogP) is 1.94. The molecule has 2 rings (SSSR count). The Kier molecular flexibility index (Phi) is 3.54. The Hall–Kier alpha value is -1.39. The van der Waals surface area contributed by atoms with E-state index < -0.39 is 6.29 Å². The van der Waals surface area contributed by atoms with Crippen LogP contribution in [0.1, 0.15) is 28.6 Å². The first-order valence-electron chi connectivity index (χ1n) is 5.22. The molecule has 86 valence electrons. The first kappa shape index (κ1) is 11.1. The van der Waals surface area contributed by atoms with E-state index in [9.17, 15) is 4.79 Å². The molecule has 16 heavy (non-hydrogen) atoms. The number of benzene rings is 1. The third-order valence-corrected chi connectivity index (χ3v) is 2.52. The van der Waals surface area contributed by atoms with Crippen LogP contribution in [0.5, 0.6) is 5.75 Å². The van der Waals surface area contributed by atoms with Gasteiger partial charge >= 0.3 is 0 Å². The van der Waals surface area contributed by atoms with E-state index in [-0.39, 0.29) is 0 Å². The Balaban J connectivity index is 2.34. The number of ether oxygens (including phenoxy) is 3. The highest BCUT2D eigenvalue weighted by Gasteiger charge is 2.21. The number of aldehydes is 1. The predicted molar refractivity (Wildman–Crippen MR) is 57.6 cm³/mol. The summed E-state index contributed by atoms with van der Waals surface area (Å²) in [6, 6.07) is 5.39. The van der Waals surface area contributed by atoms with Gasteiger partial charge in [0.1, 0.15) is 5.75 Å². The zero-order valence-corrected chi connectivity index (χ0v) is 9.14. The summed E-state index contributed by atoms with van der Waals surface area (Å²) in [6.07, 6.45) is 1.20. The lowest BCUT2D eigenvalue weighted by molar-refractivity contribution is -0.183. The largest absolute Gasteiger partial charge is 0.496 e. The number of methoxy groups -OCH3 is 1. The van der Waals surface area contributed by atoms with Crippen molar-refractivity contribution < 1.29 is 19.0 Å². The second-order valence-electron chi connectivity index (χ2n) is 3.51. The van der Waals surface area contributed by atoms with Gasteiger partial charge in [-0.25, -0.2) is 0 Å². The summed E-state index contributed by atoms with van der Waals surface area (Å²) >= 11 is 0. The molecular weight excluding hydrogens is 208 g/mol. The fourth-order valence-corrected chi connectivity index (χ4v) is 1.74. The lowest BCUT2D eigenvalue weighted by Gasteiger charge is -2.24. The lowest BCUT2D eigenvalue weighted by atomic mass is 10.1. The van der Waals surface area contributed by atoms with E-state index in [1.807, 2.05) is 12.1 Å². The smallest absolute Gasteiger partial charge is 0.184 e. The second-order valence-corrected chi connectivity index (χ2v) is 3.51. The highest BCUT2D eigenvalue weighted by Crippen LogP contribution is 2.29. The van der Waals surface area contributed by atoms with Gasteiger partial charge in [-0.15, -0.1) is 0 Å². The van der Waals surface area contributed by atoms with E-state index in [1.54, 1.807) is 6.07 Å². The molecule has 0 unspecified atom stereocenters. The van der Waals surface area contributed by atoms with Crippen molar-refractivity contribution in [3.05, 3.63) is 29.3 Å². The van der Waals surface area contributed by atoms with E-state index in [0.29, 0.717) is 24.5 Å². The van der Waals surface area contributed by atoms with E-state index in [0.717, 1.165) is 18.3 Å². The molecule has 0 N–H and O–H groups in total. The fourth-order valence-electron chi connectivity index (χ4n) is 1.74. The molecule has 1 aliphatic heterocycles. The maximum Gasteiger partial charge on any atom is 0.184 e. The molecule has 0 aromatic heterocycles. The highest BCUT2D eigenvalue weighted by atomic mass is 16.7. The van der Waals surface area contributed by atoms with Crippen molar-refractivity contribution in [2.75, 3.05) is 20.3 Å². The second kappa shape index (κ2) is 5.09. The summed E-state index contributed by atoms with van der Waals surface area (Å²) in [5.41, 5.74) is 1.23. The maximum absolute atomic E-state index is 11.1. The Labute approximate surface area is 94.1 Å². The van der Waals surface area contributed by atoms with Crippen molar-refractivity contribution in [1.82, 2.24) is 0 Å². The fraction of sp³-hybridized carbons (Fsp3) is 0.417. The molecule has 1 saturated heterocycles. The van der Waals surface area contributed by atoms with Crippen LogP contribution in [0.4, 0.5) is 0 Å². The number of hydrogen-bond donors (Lipinski definition) is 0. The zero-order valence-electron chi connectivity index (χ0n) is 9.14. The molecule has 0 saturated carbocycles. The van der Waals surface area contributed by atoms with E-state index in [2.05, 4.69) is 0 Å². The van der Waals surface area contributed by atoms with Crippen molar-refractivity contribution in [1.29, 1.82) is 0 Å². The molecule has 4 heteroatoms. The molecule has 1 aromatic carbocycles. The standard InChI is InChI=1S/C12H14O4/c1-14-11-5-2-4-9(10(11)8-13)12-15-6-3-7-16-12/h2,4-5,8,12H,3,6-7H2,1H3. The summed E-state index contributed by atoms with van der Waals surface area (Å²) < 4.78 is 16.1. The molecule has 0 radical (unpaired) electrons. The molecule has 1 heterocycles. The van der Waals surface area contributed by atoms with Gasteiger partial charge < -0.3 is 14.2 Å². The normalized spacial score (nSPS) is 17.1. The molecular formula is C12H14O4. The highest BCUT2D eigenvalue weighted by molar-refractivity contribution is 5.81. The third kappa shape index (κ3) is 2.08. The first-order valence-corrected chi connectivity index (χ1v) is 5.22. The SMILES string of the molecule is COc1cccc(C2OCCCO2)c1C=O. The number of carbonyl (C=O) groups is 1. The monoisotopic (exact) mass is 222 g/mol. The van der Waals surface area contributed by atoms with Crippen molar-refractivity contribution in [3.8, 4) is 5.75 Å². The van der Waals surface area contributed by atoms with Gasteiger partial charge in [-0.05, 0) is 12.5 Å². The Morgan fingerprint density at radius 3 is 2.75 bits per heavy atom. The van der Waals surface area contributed by atoms with E-state index in [4.69, 9.17) is 14.2 Å². The minimum atomic E-state index is -0.455. The molecule has 0 amide bonds. The molecule has 0 aliphatic carbocycles. The van der Waals surface area contributed by atoms with Crippen LogP contribution in [0.2, 0.25) is 0 Å². The minimum Gasteiger partial charge on any atom is -0.496 e. The van der Waals surface area contributed by atoms with Crippen molar-refractivity contribution in [3.63, 3.8) is 0 Å². The first-order chi connectivity index (χ1) is 7.86. The van der Waals surface area contributed by atoms with Gasteiger partial charge in [-0.2, -0.15) is 0 Å². The van der Waals surface area contributed by atoms with Crippen LogP contribution >= 0.6 is 0 Å².